The summed E-state index contributed by atoms with van der Waals surface area (Å²) < 4.78 is 13.0. The lowest BCUT2D eigenvalue weighted by atomic mass is 10.1. The number of aromatic nitrogens is 1. The number of methoxy groups -OCH3 is 2. The Bertz CT molecular complexity index is 1200. The minimum Gasteiger partial charge on any atom is -0.493 e. The van der Waals surface area contributed by atoms with Gasteiger partial charge in [0.25, 0.3) is 5.91 Å². The summed E-state index contributed by atoms with van der Waals surface area (Å²) in [6.45, 7) is 6.46. The van der Waals surface area contributed by atoms with Crippen molar-refractivity contribution >= 4 is 11.9 Å². The first-order valence-corrected chi connectivity index (χ1v) is 11.8. The number of urea groups is 1. The molecule has 0 atom stereocenters. The molecule has 0 saturated carbocycles. The van der Waals surface area contributed by atoms with Gasteiger partial charge in [0.2, 0.25) is 0 Å². The summed E-state index contributed by atoms with van der Waals surface area (Å²) in [5.41, 5.74) is 4.28. The highest BCUT2D eigenvalue weighted by Crippen LogP contribution is 2.34. The molecule has 3 aromatic rings. The highest BCUT2D eigenvalue weighted by Gasteiger charge is 2.28. The van der Waals surface area contributed by atoms with Gasteiger partial charge < -0.3 is 29.2 Å². The van der Waals surface area contributed by atoms with E-state index in [1.165, 1.54) is 0 Å². The lowest BCUT2D eigenvalue weighted by Crippen LogP contribution is -2.53. The van der Waals surface area contributed by atoms with E-state index in [0.29, 0.717) is 49.8 Å². The van der Waals surface area contributed by atoms with Gasteiger partial charge in [-0.05, 0) is 37.6 Å². The number of nitrogens with zero attached hydrogens (tertiary/aromatic N) is 3. The van der Waals surface area contributed by atoms with Gasteiger partial charge in [0, 0.05) is 50.2 Å². The van der Waals surface area contributed by atoms with Gasteiger partial charge in [-0.25, -0.2) is 4.79 Å². The average Bonchev–Trinajstić information content (AvgIpc) is 3.25. The number of piperazine rings is 1. The highest BCUT2D eigenvalue weighted by atomic mass is 16.5. The number of nitrogens with one attached hydrogen (secondary N) is 1. The molecule has 0 spiro atoms. The molecular formula is C27H32N4O4. The van der Waals surface area contributed by atoms with Gasteiger partial charge in [-0.1, -0.05) is 30.3 Å². The Kier molecular flexibility index (Phi) is 7.29. The summed E-state index contributed by atoms with van der Waals surface area (Å²) in [5, 5.41) is 2.83. The molecule has 0 bridgehead atoms. The zero-order valence-corrected chi connectivity index (χ0v) is 20.7. The van der Waals surface area contributed by atoms with Gasteiger partial charge in [-0.15, -0.1) is 0 Å². The Morgan fingerprint density at radius 1 is 0.886 bits per heavy atom. The van der Waals surface area contributed by atoms with Crippen molar-refractivity contribution in [3.63, 3.8) is 0 Å². The maximum atomic E-state index is 13.6. The highest BCUT2D eigenvalue weighted by molar-refractivity contribution is 5.97. The standard InChI is InChI=1S/C27H32N4O4/c1-5-28-27(33)30-15-13-29(14-16-30)26(32)22-18-23(20-9-7-6-8-10-20)31(19(22)2)21-11-12-24(34-3)25(17-21)35-4/h6-12,17-18H,5,13-16H2,1-4H3,(H,28,33). The van der Waals surface area contributed by atoms with Crippen LogP contribution in [-0.2, 0) is 0 Å². The van der Waals surface area contributed by atoms with Gasteiger partial charge in [0.05, 0.1) is 25.5 Å². The van der Waals surface area contributed by atoms with Crippen molar-refractivity contribution in [1.82, 2.24) is 19.7 Å². The molecule has 184 valence electrons. The molecule has 1 aliphatic heterocycles. The van der Waals surface area contributed by atoms with Crippen LogP contribution in [0.3, 0.4) is 0 Å². The maximum absolute atomic E-state index is 13.6. The Morgan fingerprint density at radius 3 is 2.17 bits per heavy atom. The molecule has 35 heavy (non-hydrogen) atoms. The molecule has 1 saturated heterocycles. The fourth-order valence-corrected chi connectivity index (χ4v) is 4.49. The van der Waals surface area contributed by atoms with Crippen LogP contribution in [0.25, 0.3) is 16.9 Å². The lowest BCUT2D eigenvalue weighted by molar-refractivity contribution is 0.0664. The molecular weight excluding hydrogens is 444 g/mol. The van der Waals surface area contributed by atoms with Gasteiger partial charge in [0.15, 0.2) is 11.5 Å². The van der Waals surface area contributed by atoms with Crippen molar-refractivity contribution in [2.75, 3.05) is 46.9 Å². The van der Waals surface area contributed by atoms with E-state index in [0.717, 1.165) is 22.6 Å². The molecule has 1 aromatic heterocycles. The largest absolute Gasteiger partial charge is 0.493 e. The Labute approximate surface area is 206 Å². The summed E-state index contributed by atoms with van der Waals surface area (Å²) in [6, 6.07) is 17.6. The first kappa shape index (κ1) is 24.2. The summed E-state index contributed by atoms with van der Waals surface area (Å²) >= 11 is 0. The number of carbonyl (C=O) groups excluding carboxylic acids is 2. The zero-order valence-electron chi connectivity index (χ0n) is 20.7. The van der Waals surface area contributed by atoms with E-state index < -0.39 is 0 Å². The second-order valence-corrected chi connectivity index (χ2v) is 8.38. The minimum absolute atomic E-state index is 0.0329. The van der Waals surface area contributed by atoms with E-state index >= 15 is 0 Å². The van der Waals surface area contributed by atoms with Gasteiger partial charge in [-0.2, -0.15) is 0 Å². The number of hydrogen-bond donors (Lipinski definition) is 1. The van der Waals surface area contributed by atoms with Crippen molar-refractivity contribution in [2.45, 2.75) is 13.8 Å². The third-order valence-electron chi connectivity index (χ3n) is 6.35. The van der Waals surface area contributed by atoms with Crippen LogP contribution < -0.4 is 14.8 Å². The Morgan fingerprint density at radius 2 is 1.54 bits per heavy atom. The first-order chi connectivity index (χ1) is 17.0. The van der Waals surface area contributed by atoms with E-state index in [9.17, 15) is 9.59 Å². The maximum Gasteiger partial charge on any atom is 0.317 e. The predicted octanol–water partition coefficient (Wildman–Crippen LogP) is 3.96. The second kappa shape index (κ2) is 10.5. The first-order valence-electron chi connectivity index (χ1n) is 11.8. The summed E-state index contributed by atoms with van der Waals surface area (Å²) in [5.74, 6) is 1.23. The van der Waals surface area contributed by atoms with Gasteiger partial charge >= 0.3 is 6.03 Å². The minimum atomic E-state index is -0.0817. The normalized spacial score (nSPS) is 13.5. The molecule has 0 radical (unpaired) electrons. The van der Waals surface area contributed by atoms with Crippen molar-refractivity contribution in [1.29, 1.82) is 0 Å². The van der Waals surface area contributed by atoms with Crippen LogP contribution in [-0.4, -0.2) is 73.2 Å². The van der Waals surface area contributed by atoms with Gasteiger partial charge in [0.1, 0.15) is 0 Å². The fraction of sp³-hybridized carbons (Fsp3) is 0.333. The third-order valence-corrected chi connectivity index (χ3v) is 6.35. The monoisotopic (exact) mass is 476 g/mol. The molecule has 8 heteroatoms. The molecule has 8 nitrogen and oxygen atoms in total. The van der Waals surface area contributed by atoms with Crippen molar-refractivity contribution < 1.29 is 19.1 Å². The predicted molar refractivity (Wildman–Crippen MR) is 136 cm³/mol. The van der Waals surface area contributed by atoms with Crippen LogP contribution in [0.4, 0.5) is 4.79 Å². The number of carbonyl (C=O) groups is 2. The molecule has 0 aliphatic carbocycles. The second-order valence-electron chi connectivity index (χ2n) is 8.38. The molecule has 1 fully saturated rings. The summed E-state index contributed by atoms with van der Waals surface area (Å²) in [6.07, 6.45) is 0. The Balaban J connectivity index is 1.70. The van der Waals surface area contributed by atoms with E-state index in [2.05, 4.69) is 9.88 Å². The van der Waals surface area contributed by atoms with Crippen LogP contribution in [0.1, 0.15) is 23.0 Å². The number of amides is 3. The number of benzene rings is 2. The molecule has 0 unspecified atom stereocenters. The van der Waals surface area contributed by atoms with Crippen LogP contribution >= 0.6 is 0 Å². The van der Waals surface area contributed by atoms with Crippen LogP contribution in [0, 0.1) is 6.92 Å². The summed E-state index contributed by atoms with van der Waals surface area (Å²) in [7, 11) is 3.22. The fourth-order valence-electron chi connectivity index (χ4n) is 4.49. The SMILES string of the molecule is CCNC(=O)N1CCN(C(=O)c2cc(-c3ccccc3)n(-c3ccc(OC)c(OC)c3)c2C)CC1. The van der Waals surface area contributed by atoms with Crippen molar-refractivity contribution in [3.8, 4) is 28.4 Å². The number of ether oxygens (including phenoxy) is 2. The lowest BCUT2D eigenvalue weighted by Gasteiger charge is -2.34. The van der Waals surface area contributed by atoms with Gasteiger partial charge in [-0.3, -0.25) is 4.79 Å². The van der Waals surface area contributed by atoms with Crippen molar-refractivity contribution in [2.24, 2.45) is 0 Å². The zero-order chi connectivity index (χ0) is 24.9. The number of hydrogen-bond acceptors (Lipinski definition) is 4. The number of rotatable bonds is 6. The molecule has 4 rings (SSSR count). The van der Waals surface area contributed by atoms with Crippen LogP contribution in [0.5, 0.6) is 11.5 Å². The van der Waals surface area contributed by atoms with E-state index in [1.807, 2.05) is 73.3 Å². The Hall–Kier alpha value is -3.94. The molecule has 1 N–H and O–H groups in total. The third kappa shape index (κ3) is 4.82. The smallest absolute Gasteiger partial charge is 0.317 e. The van der Waals surface area contributed by atoms with E-state index in [4.69, 9.17) is 9.47 Å². The van der Waals surface area contributed by atoms with Crippen molar-refractivity contribution in [3.05, 3.63) is 65.9 Å². The molecule has 3 amide bonds. The average molecular weight is 477 g/mol. The topological polar surface area (TPSA) is 76.0 Å². The molecule has 1 aliphatic rings. The summed E-state index contributed by atoms with van der Waals surface area (Å²) in [4.78, 5) is 29.4. The molecule has 2 heterocycles. The van der Waals surface area contributed by atoms with E-state index in [1.54, 1.807) is 19.1 Å². The van der Waals surface area contributed by atoms with E-state index in [-0.39, 0.29) is 11.9 Å². The quantitative estimate of drug-likeness (QED) is 0.584. The van der Waals surface area contributed by atoms with Crippen LogP contribution in [0.15, 0.2) is 54.6 Å². The molecule has 2 aromatic carbocycles. The van der Waals surface area contributed by atoms with Crippen LogP contribution in [0.2, 0.25) is 0 Å².